The Morgan fingerprint density at radius 1 is 1.00 bits per heavy atom. The van der Waals surface area contributed by atoms with Crippen LogP contribution < -0.4 is 4.90 Å². The van der Waals surface area contributed by atoms with Crippen molar-refractivity contribution in [1.82, 2.24) is 4.90 Å². The summed E-state index contributed by atoms with van der Waals surface area (Å²) in [6, 6.07) is 18.7. The maximum Gasteiger partial charge on any atom is 0.246 e. The number of hydrogen-bond acceptors (Lipinski definition) is 2. The van der Waals surface area contributed by atoms with Gasteiger partial charge < -0.3 is 0 Å². The Hall–Kier alpha value is -2.13. The van der Waals surface area contributed by atoms with Crippen molar-refractivity contribution in [2.45, 2.75) is 44.8 Å². The third kappa shape index (κ3) is 2.73. The molecule has 2 fully saturated rings. The lowest BCUT2D eigenvalue weighted by Crippen LogP contribution is -2.44. The highest BCUT2D eigenvalue weighted by Gasteiger charge is 2.47. The van der Waals surface area contributed by atoms with E-state index in [9.17, 15) is 4.79 Å². The second-order valence-electron chi connectivity index (χ2n) is 6.96. The van der Waals surface area contributed by atoms with Crippen LogP contribution in [0.15, 0.2) is 54.6 Å². The fourth-order valence-electron chi connectivity index (χ4n) is 4.07. The monoisotopic (exact) mass is 320 g/mol. The molecule has 3 heteroatoms. The first-order valence-corrected chi connectivity index (χ1v) is 8.93. The first-order chi connectivity index (χ1) is 11.7. The number of anilines is 1. The van der Waals surface area contributed by atoms with Crippen LogP contribution in [0.25, 0.3) is 0 Å². The molecule has 1 amide bonds. The van der Waals surface area contributed by atoms with Crippen LogP contribution in [-0.4, -0.2) is 29.6 Å². The van der Waals surface area contributed by atoms with E-state index in [0.717, 1.165) is 25.1 Å². The van der Waals surface area contributed by atoms with Gasteiger partial charge in [0.05, 0.1) is 12.2 Å². The minimum atomic E-state index is -0.0287. The number of aryl methyl sites for hydroxylation is 1. The Morgan fingerprint density at radius 3 is 2.50 bits per heavy atom. The Morgan fingerprint density at radius 2 is 1.75 bits per heavy atom. The maximum atomic E-state index is 13.2. The molecule has 0 spiro atoms. The Kier molecular flexibility index (Phi) is 4.11. The minimum Gasteiger partial charge on any atom is -0.295 e. The number of nitrogens with zero attached hydrogens (tertiary/aromatic N) is 2. The van der Waals surface area contributed by atoms with Crippen LogP contribution in [0.1, 0.15) is 30.4 Å². The van der Waals surface area contributed by atoms with Gasteiger partial charge in [0.15, 0.2) is 0 Å². The molecule has 2 aliphatic rings. The van der Waals surface area contributed by atoms with Crippen molar-refractivity contribution in [2.75, 3.05) is 11.4 Å². The highest BCUT2D eigenvalue weighted by Crippen LogP contribution is 2.35. The summed E-state index contributed by atoms with van der Waals surface area (Å²) in [4.78, 5) is 17.7. The first kappa shape index (κ1) is 15.4. The zero-order chi connectivity index (χ0) is 16.5. The van der Waals surface area contributed by atoms with Gasteiger partial charge in [0.25, 0.3) is 0 Å². The molecule has 2 aromatic rings. The molecule has 0 aromatic heterocycles. The summed E-state index contributed by atoms with van der Waals surface area (Å²) in [5.41, 5.74) is 3.51. The second-order valence-corrected chi connectivity index (χ2v) is 6.96. The normalized spacial score (nSPS) is 24.2. The summed E-state index contributed by atoms with van der Waals surface area (Å²) in [7, 11) is 0. The van der Waals surface area contributed by atoms with Gasteiger partial charge in [-0.1, -0.05) is 48.0 Å². The van der Waals surface area contributed by atoms with Crippen molar-refractivity contribution in [3.63, 3.8) is 0 Å². The summed E-state index contributed by atoms with van der Waals surface area (Å²) >= 11 is 0. The van der Waals surface area contributed by atoms with Crippen LogP contribution in [0, 0.1) is 6.92 Å². The van der Waals surface area contributed by atoms with E-state index in [1.165, 1.54) is 24.0 Å². The molecule has 2 heterocycles. The molecule has 2 aromatic carbocycles. The largest absolute Gasteiger partial charge is 0.295 e. The van der Waals surface area contributed by atoms with Crippen molar-refractivity contribution >= 4 is 11.6 Å². The zero-order valence-electron chi connectivity index (χ0n) is 14.2. The zero-order valence-corrected chi connectivity index (χ0v) is 14.2. The molecule has 2 aliphatic heterocycles. The van der Waals surface area contributed by atoms with E-state index in [0.29, 0.717) is 0 Å². The number of piperidine rings is 1. The van der Waals surface area contributed by atoms with Gasteiger partial charge in [-0.3, -0.25) is 14.6 Å². The molecule has 24 heavy (non-hydrogen) atoms. The lowest BCUT2D eigenvalue weighted by Gasteiger charge is -2.35. The topological polar surface area (TPSA) is 23.6 Å². The quantitative estimate of drug-likeness (QED) is 0.859. The fourth-order valence-corrected chi connectivity index (χ4v) is 4.07. The number of carbonyl (C=O) groups is 1. The third-order valence-corrected chi connectivity index (χ3v) is 5.32. The van der Waals surface area contributed by atoms with Gasteiger partial charge in [0.1, 0.15) is 0 Å². The third-order valence-electron chi connectivity index (χ3n) is 5.32. The molecule has 0 radical (unpaired) electrons. The number of benzene rings is 2. The van der Waals surface area contributed by atoms with Crippen LogP contribution >= 0.6 is 0 Å². The van der Waals surface area contributed by atoms with Gasteiger partial charge >= 0.3 is 0 Å². The predicted octanol–water partition coefficient (Wildman–Crippen LogP) is 3.76. The Bertz CT molecular complexity index is 710. The second kappa shape index (κ2) is 6.40. The van der Waals surface area contributed by atoms with Crippen LogP contribution in [0.2, 0.25) is 0 Å². The predicted molar refractivity (Wildman–Crippen MR) is 96.9 cm³/mol. The van der Waals surface area contributed by atoms with E-state index in [-0.39, 0.29) is 18.1 Å². The SMILES string of the molecule is Cc1ccc(N2C(=O)[C@H](Cc3ccccc3)N3CCCC[C@@H]23)cc1. The van der Waals surface area contributed by atoms with E-state index in [1.807, 2.05) is 11.0 Å². The number of rotatable bonds is 3. The highest BCUT2D eigenvalue weighted by atomic mass is 16.2. The van der Waals surface area contributed by atoms with Gasteiger partial charge in [-0.15, -0.1) is 0 Å². The van der Waals surface area contributed by atoms with E-state index in [1.54, 1.807) is 0 Å². The molecular formula is C21H24N2O. The summed E-state index contributed by atoms with van der Waals surface area (Å²) < 4.78 is 0. The van der Waals surface area contributed by atoms with Crippen molar-refractivity contribution in [2.24, 2.45) is 0 Å². The lowest BCUT2D eigenvalue weighted by molar-refractivity contribution is -0.119. The standard InChI is InChI=1S/C21H24N2O/c1-16-10-12-18(13-11-16)23-20-9-5-6-14-22(20)19(21(23)24)15-17-7-3-2-4-8-17/h2-4,7-8,10-13,19-20H,5-6,9,14-15H2,1H3/t19-,20+/m0/s1. The van der Waals surface area contributed by atoms with Crippen molar-refractivity contribution < 1.29 is 4.79 Å². The van der Waals surface area contributed by atoms with Gasteiger partial charge in [0, 0.05) is 12.2 Å². The molecular weight excluding hydrogens is 296 g/mol. The average Bonchev–Trinajstić information content (AvgIpc) is 2.89. The fraction of sp³-hybridized carbons (Fsp3) is 0.381. The van der Waals surface area contributed by atoms with Crippen LogP contribution in [-0.2, 0) is 11.2 Å². The highest BCUT2D eigenvalue weighted by molar-refractivity contribution is 6.00. The van der Waals surface area contributed by atoms with E-state index >= 15 is 0 Å². The summed E-state index contributed by atoms with van der Waals surface area (Å²) in [5, 5.41) is 0. The van der Waals surface area contributed by atoms with Gasteiger partial charge in [-0.05, 0) is 50.3 Å². The number of carbonyl (C=O) groups excluding carboxylic acids is 1. The molecule has 124 valence electrons. The molecule has 0 saturated carbocycles. The molecule has 2 atom stereocenters. The molecule has 3 nitrogen and oxygen atoms in total. The van der Waals surface area contributed by atoms with Crippen molar-refractivity contribution in [3.05, 3.63) is 65.7 Å². The number of amides is 1. The van der Waals surface area contributed by atoms with Gasteiger partial charge in [-0.25, -0.2) is 0 Å². The number of fused-ring (bicyclic) bond motifs is 1. The summed E-state index contributed by atoms with van der Waals surface area (Å²) in [6.07, 6.45) is 4.50. The Balaban J connectivity index is 1.65. The molecule has 0 aliphatic carbocycles. The van der Waals surface area contributed by atoms with Crippen LogP contribution in [0.4, 0.5) is 5.69 Å². The van der Waals surface area contributed by atoms with Gasteiger partial charge in [-0.2, -0.15) is 0 Å². The smallest absolute Gasteiger partial charge is 0.246 e. The molecule has 0 bridgehead atoms. The van der Waals surface area contributed by atoms with Crippen molar-refractivity contribution in [3.8, 4) is 0 Å². The Labute approximate surface area is 143 Å². The number of hydrogen-bond donors (Lipinski definition) is 0. The van der Waals surface area contributed by atoms with E-state index < -0.39 is 0 Å². The maximum absolute atomic E-state index is 13.2. The minimum absolute atomic E-state index is 0.0287. The summed E-state index contributed by atoms with van der Waals surface area (Å²) in [5.74, 6) is 0.259. The van der Waals surface area contributed by atoms with E-state index in [2.05, 4.69) is 60.4 Å². The molecule has 4 rings (SSSR count). The average molecular weight is 320 g/mol. The first-order valence-electron chi connectivity index (χ1n) is 8.93. The van der Waals surface area contributed by atoms with Gasteiger partial charge in [0.2, 0.25) is 5.91 Å². The molecule has 0 unspecified atom stereocenters. The molecule has 0 N–H and O–H groups in total. The van der Waals surface area contributed by atoms with E-state index in [4.69, 9.17) is 0 Å². The van der Waals surface area contributed by atoms with Crippen molar-refractivity contribution in [1.29, 1.82) is 0 Å². The molecule has 2 saturated heterocycles. The van der Waals surface area contributed by atoms with Crippen LogP contribution in [0.5, 0.6) is 0 Å². The lowest BCUT2D eigenvalue weighted by atomic mass is 10.0. The van der Waals surface area contributed by atoms with Crippen LogP contribution in [0.3, 0.4) is 0 Å². The summed E-state index contributed by atoms with van der Waals surface area (Å²) in [6.45, 7) is 3.11.